The van der Waals surface area contributed by atoms with Gasteiger partial charge in [0.1, 0.15) is 23.7 Å². The van der Waals surface area contributed by atoms with E-state index in [2.05, 4.69) is 21.3 Å². The average Bonchev–Trinajstić information content (AvgIpc) is 3.47. The van der Waals surface area contributed by atoms with Gasteiger partial charge in [0.15, 0.2) is 5.78 Å². The van der Waals surface area contributed by atoms with Crippen LogP contribution in [-0.2, 0) is 46.3 Å². The molecule has 0 saturated carbocycles. The van der Waals surface area contributed by atoms with E-state index in [9.17, 15) is 28.8 Å². The van der Waals surface area contributed by atoms with Gasteiger partial charge in [0.05, 0.1) is 23.3 Å². The molecule has 1 aromatic heterocycles. The van der Waals surface area contributed by atoms with Crippen LogP contribution in [0.3, 0.4) is 0 Å². The zero-order valence-corrected chi connectivity index (χ0v) is 34.2. The number of rotatable bonds is 7. The number of nitrogens with zero attached hydrogens (tertiary/aromatic N) is 1. The van der Waals surface area contributed by atoms with E-state index in [-0.39, 0.29) is 43.3 Å². The van der Waals surface area contributed by atoms with E-state index < -0.39 is 65.3 Å². The maximum Gasteiger partial charge on any atom is 0.419 e. The van der Waals surface area contributed by atoms with Crippen molar-refractivity contribution in [1.82, 2.24) is 25.8 Å². The maximum atomic E-state index is 14.4. The third kappa shape index (κ3) is 12.5. The van der Waals surface area contributed by atoms with Gasteiger partial charge in [-0.1, -0.05) is 62.4 Å². The molecule has 1 aliphatic rings. The minimum absolute atomic E-state index is 0.0403. The highest BCUT2D eigenvalue weighted by Crippen LogP contribution is 2.25. The Morgan fingerprint density at radius 3 is 1.96 bits per heavy atom. The number of carbonyl (C=O) groups excluding carboxylic acids is 6. The molecule has 2 heterocycles. The summed E-state index contributed by atoms with van der Waals surface area (Å²) in [5.41, 5.74) is 0.529. The van der Waals surface area contributed by atoms with Crippen molar-refractivity contribution in [3.8, 4) is 0 Å². The largest absolute Gasteiger partial charge is 0.443 e. The lowest BCUT2D eigenvalue weighted by Crippen LogP contribution is -2.62. The van der Waals surface area contributed by atoms with Crippen LogP contribution in [-0.4, -0.2) is 81.5 Å². The topological polar surface area (TPSA) is 174 Å². The van der Waals surface area contributed by atoms with Crippen molar-refractivity contribution in [3.63, 3.8) is 0 Å². The van der Waals surface area contributed by atoms with Crippen LogP contribution in [0.4, 0.5) is 4.79 Å². The number of nitrogens with one attached hydrogen (secondary N) is 4. The Morgan fingerprint density at radius 2 is 1.32 bits per heavy atom. The fraction of sp³-hybridized carbons (Fsp3) is 0.535. The molecule has 1 fully saturated rings. The van der Waals surface area contributed by atoms with Gasteiger partial charge in [0.25, 0.3) is 0 Å². The minimum Gasteiger partial charge on any atom is -0.443 e. The number of hydrogen-bond donors (Lipinski definition) is 4. The normalized spacial score (nSPS) is 21.8. The summed E-state index contributed by atoms with van der Waals surface area (Å²) in [5, 5.41) is 12.1. The van der Waals surface area contributed by atoms with E-state index in [0.29, 0.717) is 29.3 Å². The zero-order valence-electron chi connectivity index (χ0n) is 34.2. The summed E-state index contributed by atoms with van der Waals surface area (Å²) in [5.74, 6) is -2.79. The van der Waals surface area contributed by atoms with Gasteiger partial charge in [0.2, 0.25) is 23.6 Å². The molecule has 5 atom stereocenters. The molecule has 13 heteroatoms. The van der Waals surface area contributed by atoms with Crippen LogP contribution in [0.25, 0.3) is 10.9 Å². The molecular formula is C43H59N5O8. The van der Waals surface area contributed by atoms with Crippen molar-refractivity contribution in [3.05, 3.63) is 71.9 Å². The van der Waals surface area contributed by atoms with Gasteiger partial charge in [-0.05, 0) is 84.4 Å². The Kier molecular flexibility index (Phi) is 14.6. The van der Waals surface area contributed by atoms with Crippen LogP contribution in [0.15, 0.2) is 60.8 Å². The lowest BCUT2D eigenvalue weighted by atomic mass is 9.97. The molecule has 1 unspecified atom stereocenters. The summed E-state index contributed by atoms with van der Waals surface area (Å²) >= 11 is 0. The number of Topliss-reactive ketones (excluding diaryl/α,β-unsaturated/α-hetero) is 1. The second-order valence-electron chi connectivity index (χ2n) is 16.9. The summed E-state index contributed by atoms with van der Waals surface area (Å²) in [6.07, 6.45) is 1.15. The molecule has 1 saturated heterocycles. The molecule has 0 spiro atoms. The number of aromatic nitrogens is 1. The van der Waals surface area contributed by atoms with Crippen LogP contribution < -0.4 is 21.3 Å². The molecule has 3 aromatic rings. The summed E-state index contributed by atoms with van der Waals surface area (Å²) in [4.78, 5) is 82.9. The van der Waals surface area contributed by atoms with Gasteiger partial charge in [0, 0.05) is 37.3 Å². The Morgan fingerprint density at radius 1 is 0.714 bits per heavy atom. The first-order valence-corrected chi connectivity index (χ1v) is 19.5. The molecule has 4 N–H and O–H groups in total. The van der Waals surface area contributed by atoms with Crippen LogP contribution in [0.2, 0.25) is 0 Å². The zero-order chi connectivity index (χ0) is 41.4. The maximum absolute atomic E-state index is 14.4. The highest BCUT2D eigenvalue weighted by Gasteiger charge is 2.37. The molecule has 1 aliphatic heterocycles. The van der Waals surface area contributed by atoms with Gasteiger partial charge in [-0.3, -0.25) is 28.5 Å². The quantitative estimate of drug-likeness (QED) is 0.255. The van der Waals surface area contributed by atoms with Gasteiger partial charge in [-0.15, -0.1) is 0 Å². The summed E-state index contributed by atoms with van der Waals surface area (Å²) in [6.45, 7) is 16.1. The minimum atomic E-state index is -1.25. The second-order valence-corrected chi connectivity index (χ2v) is 16.9. The van der Waals surface area contributed by atoms with Crippen molar-refractivity contribution in [1.29, 1.82) is 0 Å². The fourth-order valence-corrected chi connectivity index (χ4v) is 6.74. The van der Waals surface area contributed by atoms with E-state index in [4.69, 9.17) is 9.47 Å². The van der Waals surface area contributed by atoms with E-state index >= 15 is 0 Å². The molecule has 0 bridgehead atoms. The van der Waals surface area contributed by atoms with Gasteiger partial charge < -0.3 is 30.7 Å². The molecule has 4 rings (SSSR count). The highest BCUT2D eigenvalue weighted by molar-refractivity contribution is 5.97. The number of amides is 4. The number of para-hydroxylation sites is 1. The molecule has 0 aliphatic carbocycles. The second kappa shape index (κ2) is 18.7. The molecule has 4 amide bonds. The number of ether oxygens (including phenoxy) is 2. The van der Waals surface area contributed by atoms with Crippen molar-refractivity contribution in [2.24, 2.45) is 5.92 Å². The lowest BCUT2D eigenvalue weighted by Gasteiger charge is -2.33. The van der Waals surface area contributed by atoms with Crippen molar-refractivity contribution >= 4 is 46.4 Å². The Hall–Kier alpha value is -5.04. The number of ketones is 1. The summed E-state index contributed by atoms with van der Waals surface area (Å²) < 4.78 is 13.2. The molecule has 2 aromatic carbocycles. The Bertz CT molecular complexity index is 1870. The number of hydrogen-bond acceptors (Lipinski definition) is 8. The van der Waals surface area contributed by atoms with Crippen molar-refractivity contribution in [2.75, 3.05) is 0 Å². The standard InChI is InChI=1S/C43H59N5O8/c1-26(2)36-39(52)47-37(27(3)55-42(4,5)6)40(53)45-32(23-28-17-11-10-12-18-28)38(51)44-31(34(49)21-15-16-22-35(50)46-36)24-29-25-48(41(54)56-43(7,8)9)33-20-14-13-19-30(29)33/h10-14,17-20,25-27,31-32,36-37H,15-16,21-24H2,1-9H3,(H,44,51)(H,45,53)(H,46,50)(H,47,52)/t27-,31+,32+,36+,37?/m1/s1. The number of carbonyl (C=O) groups is 6. The average molecular weight is 774 g/mol. The van der Waals surface area contributed by atoms with Crippen molar-refractivity contribution < 1.29 is 38.2 Å². The van der Waals surface area contributed by atoms with Crippen LogP contribution in [0.1, 0.15) is 99.1 Å². The monoisotopic (exact) mass is 773 g/mol. The first-order chi connectivity index (χ1) is 26.2. The van der Waals surface area contributed by atoms with Gasteiger partial charge in [-0.25, -0.2) is 4.79 Å². The SMILES string of the molecule is CC(C)[C@@H]1NC(=O)CCCCC(=O)[C@H](Cc2cn(C(=O)OC(C)(C)C)c3ccccc23)NC(=O)[C@H](Cc2ccccc2)NC(=O)C([C@@H](C)OC(C)(C)C)NC1=O. The molecule has 304 valence electrons. The first-order valence-electron chi connectivity index (χ1n) is 19.5. The highest BCUT2D eigenvalue weighted by atomic mass is 16.6. The van der Waals surface area contributed by atoms with E-state index in [0.717, 1.165) is 5.56 Å². The predicted octanol–water partition coefficient (Wildman–Crippen LogP) is 5.15. The van der Waals surface area contributed by atoms with Crippen molar-refractivity contribution in [2.45, 2.75) is 142 Å². The smallest absolute Gasteiger partial charge is 0.419 e. The van der Waals surface area contributed by atoms with E-state index in [1.54, 1.807) is 59.9 Å². The predicted molar refractivity (Wildman–Crippen MR) is 214 cm³/mol. The fourth-order valence-electron chi connectivity index (χ4n) is 6.74. The Balaban J connectivity index is 1.76. The van der Waals surface area contributed by atoms with Gasteiger partial charge >= 0.3 is 6.09 Å². The molecule has 13 nitrogen and oxygen atoms in total. The molecule has 56 heavy (non-hydrogen) atoms. The number of benzene rings is 2. The van der Waals surface area contributed by atoms with E-state index in [1.165, 1.54) is 4.57 Å². The molecular weight excluding hydrogens is 715 g/mol. The molecule has 0 radical (unpaired) electrons. The number of fused-ring (bicyclic) bond motifs is 1. The summed E-state index contributed by atoms with van der Waals surface area (Å²) in [6, 6.07) is 12.0. The first kappa shape index (κ1) is 43.7. The Labute approximate surface area is 330 Å². The van der Waals surface area contributed by atoms with Crippen LogP contribution >= 0.6 is 0 Å². The van der Waals surface area contributed by atoms with E-state index in [1.807, 2.05) is 63.2 Å². The van der Waals surface area contributed by atoms with Crippen LogP contribution in [0, 0.1) is 5.92 Å². The third-order valence-electron chi connectivity index (χ3n) is 9.36. The summed E-state index contributed by atoms with van der Waals surface area (Å²) in [7, 11) is 0. The third-order valence-corrected chi connectivity index (χ3v) is 9.36. The lowest BCUT2D eigenvalue weighted by molar-refractivity contribution is -0.140. The van der Waals surface area contributed by atoms with Gasteiger partial charge in [-0.2, -0.15) is 0 Å². The van der Waals surface area contributed by atoms with Crippen LogP contribution in [0.5, 0.6) is 0 Å².